The van der Waals surface area contributed by atoms with Crippen LogP contribution in [0.3, 0.4) is 0 Å². The summed E-state index contributed by atoms with van der Waals surface area (Å²) >= 11 is 0. The second-order valence-electron chi connectivity index (χ2n) is 7.40. The molecule has 31 heavy (non-hydrogen) atoms. The predicted molar refractivity (Wildman–Crippen MR) is 128 cm³/mol. The van der Waals surface area contributed by atoms with Crippen LogP contribution in [0.2, 0.25) is 0 Å². The lowest BCUT2D eigenvalue weighted by atomic mass is 10.0. The van der Waals surface area contributed by atoms with Gasteiger partial charge in [-0.2, -0.15) is 0 Å². The van der Waals surface area contributed by atoms with Crippen LogP contribution in [0.4, 0.5) is 0 Å². The first-order valence-corrected chi connectivity index (χ1v) is 10.9. The van der Waals surface area contributed by atoms with E-state index < -0.39 is 5.97 Å². The molecular formula is C28H30O3. The van der Waals surface area contributed by atoms with Crippen LogP contribution < -0.4 is 9.47 Å². The highest BCUT2D eigenvalue weighted by atomic mass is 16.5. The van der Waals surface area contributed by atoms with E-state index in [0.717, 1.165) is 36.0 Å². The van der Waals surface area contributed by atoms with Crippen LogP contribution in [0.15, 0.2) is 66.7 Å². The van der Waals surface area contributed by atoms with Crippen molar-refractivity contribution >= 4 is 12.0 Å². The number of aryl methyl sites for hydroxylation is 3. The van der Waals surface area contributed by atoms with Crippen molar-refractivity contribution in [1.82, 2.24) is 0 Å². The fraction of sp³-hybridized carbons (Fsp3) is 0.250. The van der Waals surface area contributed by atoms with Gasteiger partial charge in [0.2, 0.25) is 0 Å². The molecule has 0 amide bonds. The Morgan fingerprint density at radius 3 is 2.16 bits per heavy atom. The van der Waals surface area contributed by atoms with Gasteiger partial charge in [0.25, 0.3) is 0 Å². The van der Waals surface area contributed by atoms with E-state index in [1.54, 1.807) is 13.2 Å². The number of hydrogen-bond donors (Lipinski definition) is 0. The molecule has 160 valence electrons. The molecule has 0 aliphatic carbocycles. The molecule has 0 aromatic heterocycles. The highest BCUT2D eigenvalue weighted by molar-refractivity contribution is 5.89. The predicted octanol–water partition coefficient (Wildman–Crippen LogP) is 6.67. The standard InChI is InChI=1S/C28H30O3/c1-5-20-8-10-23(11-9-20)25-13-12-24(27(19-25)30-4)15-17-28(29)31-26-16-14-21(6-2)22(7-3)18-26/h8-19H,5-7H2,1-4H3/b17-15+. The summed E-state index contributed by atoms with van der Waals surface area (Å²) in [6.45, 7) is 6.38. The number of benzene rings is 3. The molecule has 0 radical (unpaired) electrons. The number of carbonyl (C=O) groups excluding carboxylic acids is 1. The van der Waals surface area contributed by atoms with E-state index in [1.165, 1.54) is 22.8 Å². The molecule has 3 heteroatoms. The lowest BCUT2D eigenvalue weighted by Gasteiger charge is -2.10. The minimum Gasteiger partial charge on any atom is -0.496 e. The van der Waals surface area contributed by atoms with Crippen molar-refractivity contribution in [2.24, 2.45) is 0 Å². The third-order valence-electron chi connectivity index (χ3n) is 5.49. The van der Waals surface area contributed by atoms with Crippen molar-refractivity contribution in [3.63, 3.8) is 0 Å². The molecule has 0 atom stereocenters. The third kappa shape index (κ3) is 5.64. The van der Waals surface area contributed by atoms with Crippen molar-refractivity contribution < 1.29 is 14.3 Å². The maximum atomic E-state index is 12.3. The Balaban J connectivity index is 1.74. The van der Waals surface area contributed by atoms with Crippen LogP contribution in [0, 0.1) is 0 Å². The van der Waals surface area contributed by atoms with E-state index in [1.807, 2.05) is 36.4 Å². The zero-order valence-corrected chi connectivity index (χ0v) is 18.8. The van der Waals surface area contributed by atoms with Crippen LogP contribution in [0.5, 0.6) is 11.5 Å². The number of esters is 1. The van der Waals surface area contributed by atoms with Crippen molar-refractivity contribution in [2.45, 2.75) is 40.0 Å². The molecule has 0 aliphatic rings. The normalized spacial score (nSPS) is 11.0. The molecule has 0 unspecified atom stereocenters. The molecule has 3 aromatic rings. The number of rotatable bonds is 8. The van der Waals surface area contributed by atoms with Crippen LogP contribution >= 0.6 is 0 Å². The summed E-state index contributed by atoms with van der Waals surface area (Å²) in [6, 6.07) is 20.3. The SMILES string of the molecule is CCc1ccc(-c2ccc(/C=C/C(=O)Oc3ccc(CC)c(CC)c3)c(OC)c2)cc1. The molecule has 0 fully saturated rings. The molecule has 3 aromatic carbocycles. The Morgan fingerprint density at radius 2 is 1.52 bits per heavy atom. The zero-order valence-electron chi connectivity index (χ0n) is 18.8. The second kappa shape index (κ2) is 10.6. The van der Waals surface area contributed by atoms with E-state index in [9.17, 15) is 4.79 Å². The summed E-state index contributed by atoms with van der Waals surface area (Å²) in [5, 5.41) is 0. The lowest BCUT2D eigenvalue weighted by Crippen LogP contribution is -2.04. The first-order valence-electron chi connectivity index (χ1n) is 10.9. The van der Waals surface area contributed by atoms with Crippen LogP contribution in [-0.4, -0.2) is 13.1 Å². The monoisotopic (exact) mass is 414 g/mol. The summed E-state index contributed by atoms with van der Waals surface area (Å²) in [7, 11) is 1.64. The fourth-order valence-electron chi connectivity index (χ4n) is 3.61. The molecule has 0 saturated heterocycles. The van der Waals surface area contributed by atoms with Gasteiger partial charge < -0.3 is 9.47 Å². The Kier molecular flexibility index (Phi) is 7.66. The van der Waals surface area contributed by atoms with Gasteiger partial charge in [0.05, 0.1) is 7.11 Å². The first kappa shape index (κ1) is 22.4. The van der Waals surface area contributed by atoms with Crippen LogP contribution in [0.25, 0.3) is 17.2 Å². The van der Waals surface area contributed by atoms with E-state index in [0.29, 0.717) is 11.5 Å². The molecule has 3 rings (SSSR count). The fourth-order valence-corrected chi connectivity index (χ4v) is 3.61. The molecule has 0 N–H and O–H groups in total. The Labute approximate surface area is 185 Å². The molecular weight excluding hydrogens is 384 g/mol. The Morgan fingerprint density at radius 1 is 0.806 bits per heavy atom. The van der Waals surface area contributed by atoms with Gasteiger partial charge in [0.1, 0.15) is 11.5 Å². The highest BCUT2D eigenvalue weighted by Crippen LogP contribution is 2.28. The summed E-state index contributed by atoms with van der Waals surface area (Å²) in [4.78, 5) is 12.3. The van der Waals surface area contributed by atoms with E-state index in [2.05, 4.69) is 45.0 Å². The molecule has 0 saturated carbocycles. The minimum absolute atomic E-state index is 0.410. The highest BCUT2D eigenvalue weighted by Gasteiger charge is 2.07. The van der Waals surface area contributed by atoms with Gasteiger partial charge in [0, 0.05) is 11.6 Å². The average Bonchev–Trinajstić information content (AvgIpc) is 2.82. The molecule has 0 bridgehead atoms. The summed E-state index contributed by atoms with van der Waals surface area (Å²) in [6.07, 6.45) is 6.07. The quantitative estimate of drug-likeness (QED) is 0.235. The summed E-state index contributed by atoms with van der Waals surface area (Å²) in [5.41, 5.74) is 6.83. The van der Waals surface area contributed by atoms with Crippen LogP contribution in [-0.2, 0) is 24.1 Å². The molecule has 0 heterocycles. The van der Waals surface area contributed by atoms with Gasteiger partial charge >= 0.3 is 5.97 Å². The Hall–Kier alpha value is -3.33. The van der Waals surface area contributed by atoms with Gasteiger partial charge in [-0.1, -0.05) is 63.2 Å². The number of carbonyl (C=O) groups is 1. The number of ether oxygens (including phenoxy) is 2. The molecule has 0 aliphatic heterocycles. The number of hydrogen-bond acceptors (Lipinski definition) is 3. The van der Waals surface area contributed by atoms with Gasteiger partial charge in [-0.3, -0.25) is 0 Å². The van der Waals surface area contributed by atoms with Crippen molar-refractivity contribution in [2.75, 3.05) is 7.11 Å². The summed E-state index contributed by atoms with van der Waals surface area (Å²) in [5.74, 6) is 0.871. The topological polar surface area (TPSA) is 35.5 Å². The van der Waals surface area contributed by atoms with Gasteiger partial charge in [-0.15, -0.1) is 0 Å². The second-order valence-corrected chi connectivity index (χ2v) is 7.40. The smallest absolute Gasteiger partial charge is 0.336 e. The maximum absolute atomic E-state index is 12.3. The Bertz CT molecular complexity index is 1060. The zero-order chi connectivity index (χ0) is 22.2. The molecule has 3 nitrogen and oxygen atoms in total. The summed E-state index contributed by atoms with van der Waals surface area (Å²) < 4.78 is 11.1. The van der Waals surface area contributed by atoms with Crippen molar-refractivity contribution in [1.29, 1.82) is 0 Å². The first-order chi connectivity index (χ1) is 15.1. The van der Waals surface area contributed by atoms with Gasteiger partial charge in [-0.25, -0.2) is 4.79 Å². The van der Waals surface area contributed by atoms with Crippen molar-refractivity contribution in [3.05, 3.63) is 89.0 Å². The van der Waals surface area contributed by atoms with Gasteiger partial charge in [0.15, 0.2) is 0 Å². The lowest BCUT2D eigenvalue weighted by molar-refractivity contribution is -0.128. The number of methoxy groups -OCH3 is 1. The average molecular weight is 415 g/mol. The van der Waals surface area contributed by atoms with Crippen LogP contribution in [0.1, 0.15) is 43.0 Å². The third-order valence-corrected chi connectivity index (χ3v) is 5.49. The van der Waals surface area contributed by atoms with E-state index in [-0.39, 0.29) is 0 Å². The van der Waals surface area contributed by atoms with E-state index >= 15 is 0 Å². The minimum atomic E-state index is -0.410. The largest absolute Gasteiger partial charge is 0.496 e. The maximum Gasteiger partial charge on any atom is 0.336 e. The van der Waals surface area contributed by atoms with E-state index in [4.69, 9.17) is 9.47 Å². The van der Waals surface area contributed by atoms with Gasteiger partial charge in [-0.05, 0) is 71.4 Å². The van der Waals surface area contributed by atoms with Crippen molar-refractivity contribution in [3.8, 4) is 22.6 Å². The molecule has 0 spiro atoms.